The standard InChI is InChI=1S/C27H30N8O6/c28-8-16-6-17(32-25(38)21-7-18(36)10-30-21)5-15-3-14(4-20(15)16)9-29-2-1-19-12-35(27(39)41-19)22-11-31-26-24(33-22)34-23(37)13-40-26/h5-6,11,14,18-19,21,29-30,36H,1-4,7,9-10,12-13H2,(H,32,38)(H,33,34,37). The number of nitrogens with zero attached hydrogens (tertiary/aromatic N) is 4. The monoisotopic (exact) mass is 562 g/mol. The van der Waals surface area contributed by atoms with Gasteiger partial charge in [0.2, 0.25) is 5.91 Å². The number of anilines is 3. The van der Waals surface area contributed by atoms with E-state index in [-0.39, 0.29) is 42.0 Å². The van der Waals surface area contributed by atoms with Crippen molar-refractivity contribution in [2.45, 2.75) is 43.9 Å². The average molecular weight is 563 g/mol. The fraction of sp³-hybridized carbons (Fsp3) is 0.481. The van der Waals surface area contributed by atoms with Gasteiger partial charge in [-0.3, -0.25) is 14.5 Å². The lowest BCUT2D eigenvalue weighted by Crippen LogP contribution is -2.35. The summed E-state index contributed by atoms with van der Waals surface area (Å²) in [5.74, 6) is 0.402. The molecule has 6 rings (SSSR count). The summed E-state index contributed by atoms with van der Waals surface area (Å²) in [6.45, 7) is 1.93. The number of ether oxygens (including phenoxy) is 2. The second kappa shape index (κ2) is 11.3. The van der Waals surface area contributed by atoms with Gasteiger partial charge in [0.15, 0.2) is 18.2 Å². The summed E-state index contributed by atoms with van der Waals surface area (Å²) in [4.78, 5) is 46.4. The predicted octanol–water partition coefficient (Wildman–Crippen LogP) is 0.0604. The number of hydrogen-bond acceptors (Lipinski definition) is 11. The van der Waals surface area contributed by atoms with E-state index in [1.54, 1.807) is 6.07 Å². The SMILES string of the molecule is N#Cc1cc(NC(=O)C2CC(O)CN2)cc2c1CC(CNCCC1CN(c3cnc4c(n3)NC(=O)CO4)C(=O)O1)C2. The molecule has 0 bridgehead atoms. The van der Waals surface area contributed by atoms with Crippen molar-refractivity contribution in [2.75, 3.05) is 48.3 Å². The molecular weight excluding hydrogens is 532 g/mol. The Morgan fingerprint density at radius 2 is 2.17 bits per heavy atom. The first-order valence-electron chi connectivity index (χ1n) is 13.6. The summed E-state index contributed by atoms with van der Waals surface area (Å²) in [5.41, 5.74) is 3.22. The van der Waals surface area contributed by atoms with Gasteiger partial charge in [0.1, 0.15) is 6.10 Å². The Bertz CT molecular complexity index is 1430. The number of aromatic nitrogens is 2. The van der Waals surface area contributed by atoms with E-state index in [4.69, 9.17) is 9.47 Å². The highest BCUT2D eigenvalue weighted by Crippen LogP contribution is 2.32. The molecule has 1 aromatic heterocycles. The number of β-amino-alcohol motifs (C(OH)–C–C–N with tert-alkyl or cyclic N) is 1. The number of nitrogens with one attached hydrogen (secondary N) is 4. The molecule has 4 atom stereocenters. The van der Waals surface area contributed by atoms with Gasteiger partial charge in [-0.15, -0.1) is 0 Å². The van der Waals surface area contributed by atoms with E-state index < -0.39 is 18.2 Å². The van der Waals surface area contributed by atoms with E-state index in [2.05, 4.69) is 37.3 Å². The predicted molar refractivity (Wildman–Crippen MR) is 144 cm³/mol. The van der Waals surface area contributed by atoms with Gasteiger partial charge in [0.25, 0.3) is 11.8 Å². The molecule has 1 aliphatic carbocycles. The lowest BCUT2D eigenvalue weighted by molar-refractivity contribution is -0.119. The minimum absolute atomic E-state index is 0.127. The van der Waals surface area contributed by atoms with Crippen molar-refractivity contribution in [3.63, 3.8) is 0 Å². The Kier molecular flexibility index (Phi) is 7.39. The van der Waals surface area contributed by atoms with Gasteiger partial charge < -0.3 is 35.8 Å². The highest BCUT2D eigenvalue weighted by Gasteiger charge is 2.34. The zero-order valence-corrected chi connectivity index (χ0v) is 22.2. The van der Waals surface area contributed by atoms with Gasteiger partial charge >= 0.3 is 6.09 Å². The van der Waals surface area contributed by atoms with Crippen molar-refractivity contribution >= 4 is 35.2 Å². The number of benzene rings is 1. The van der Waals surface area contributed by atoms with Crippen LogP contribution in [0.3, 0.4) is 0 Å². The molecule has 3 amide bonds. The third-order valence-corrected chi connectivity index (χ3v) is 7.71. The van der Waals surface area contributed by atoms with Crippen LogP contribution in [0.4, 0.5) is 22.1 Å². The van der Waals surface area contributed by atoms with Crippen LogP contribution in [0.25, 0.3) is 0 Å². The minimum Gasteiger partial charge on any atom is -0.465 e. The number of aliphatic hydroxyl groups excluding tert-OH is 1. The Morgan fingerprint density at radius 1 is 1.29 bits per heavy atom. The van der Waals surface area contributed by atoms with E-state index in [0.29, 0.717) is 49.6 Å². The molecule has 5 N–H and O–H groups in total. The van der Waals surface area contributed by atoms with Crippen LogP contribution < -0.4 is 30.9 Å². The van der Waals surface area contributed by atoms with E-state index in [9.17, 15) is 24.8 Å². The van der Waals surface area contributed by atoms with Gasteiger partial charge in [0, 0.05) is 12.2 Å². The molecule has 4 unspecified atom stereocenters. The van der Waals surface area contributed by atoms with E-state index in [0.717, 1.165) is 30.5 Å². The summed E-state index contributed by atoms with van der Waals surface area (Å²) in [5, 5.41) is 31.3. The number of carbonyl (C=O) groups is 3. The van der Waals surface area contributed by atoms with Crippen molar-refractivity contribution in [2.24, 2.45) is 5.92 Å². The highest BCUT2D eigenvalue weighted by molar-refractivity contribution is 5.96. The third-order valence-electron chi connectivity index (χ3n) is 7.71. The van der Waals surface area contributed by atoms with Gasteiger partial charge in [-0.1, -0.05) is 0 Å². The zero-order chi connectivity index (χ0) is 28.5. The number of nitriles is 1. The normalized spacial score (nSPS) is 24.6. The first kappa shape index (κ1) is 26.9. The maximum atomic E-state index is 12.6. The Morgan fingerprint density at radius 3 is 2.98 bits per heavy atom. The molecule has 1 aromatic carbocycles. The molecule has 4 heterocycles. The number of fused-ring (bicyclic) bond motifs is 2. The molecule has 2 saturated heterocycles. The number of rotatable bonds is 8. The molecule has 3 aliphatic heterocycles. The molecule has 0 saturated carbocycles. The topological polar surface area (TPSA) is 191 Å². The van der Waals surface area contributed by atoms with Crippen LogP contribution in [0.2, 0.25) is 0 Å². The fourth-order valence-electron chi connectivity index (χ4n) is 5.71. The van der Waals surface area contributed by atoms with Crippen LogP contribution in [-0.2, 0) is 27.2 Å². The number of cyclic esters (lactones) is 1. The first-order valence-corrected chi connectivity index (χ1v) is 13.6. The van der Waals surface area contributed by atoms with Crippen LogP contribution in [0, 0.1) is 17.2 Å². The van der Waals surface area contributed by atoms with Crippen LogP contribution >= 0.6 is 0 Å². The van der Waals surface area contributed by atoms with E-state index >= 15 is 0 Å². The van der Waals surface area contributed by atoms with E-state index in [1.165, 1.54) is 11.1 Å². The molecule has 2 fully saturated rings. The molecule has 0 spiro atoms. The number of amides is 3. The Balaban J connectivity index is 0.980. The quantitative estimate of drug-likeness (QED) is 0.273. The molecule has 14 nitrogen and oxygen atoms in total. The average Bonchev–Trinajstić information content (AvgIpc) is 3.68. The van der Waals surface area contributed by atoms with Gasteiger partial charge in [0.05, 0.1) is 36.5 Å². The van der Waals surface area contributed by atoms with Crippen molar-refractivity contribution in [3.05, 3.63) is 35.0 Å². The molecule has 4 aliphatic rings. The zero-order valence-electron chi connectivity index (χ0n) is 22.2. The summed E-state index contributed by atoms with van der Waals surface area (Å²) in [7, 11) is 0. The largest absolute Gasteiger partial charge is 0.465 e. The van der Waals surface area contributed by atoms with E-state index in [1.807, 2.05) is 6.07 Å². The fourth-order valence-corrected chi connectivity index (χ4v) is 5.71. The Labute approximate surface area is 235 Å². The van der Waals surface area contributed by atoms with Crippen molar-refractivity contribution in [1.82, 2.24) is 20.6 Å². The molecule has 214 valence electrons. The lowest BCUT2D eigenvalue weighted by atomic mass is 10.0. The number of aliphatic hydroxyl groups is 1. The van der Waals surface area contributed by atoms with Crippen LogP contribution in [-0.4, -0.2) is 84.0 Å². The van der Waals surface area contributed by atoms with Crippen LogP contribution in [0.1, 0.15) is 29.5 Å². The smallest absolute Gasteiger partial charge is 0.415 e. The van der Waals surface area contributed by atoms with Crippen LogP contribution in [0.15, 0.2) is 18.3 Å². The van der Waals surface area contributed by atoms with Crippen molar-refractivity contribution in [1.29, 1.82) is 5.26 Å². The molecule has 0 radical (unpaired) electrons. The second-order valence-electron chi connectivity index (χ2n) is 10.7. The maximum Gasteiger partial charge on any atom is 0.415 e. The van der Waals surface area contributed by atoms with Crippen molar-refractivity contribution in [3.8, 4) is 11.9 Å². The lowest BCUT2D eigenvalue weighted by Gasteiger charge is -2.18. The maximum absolute atomic E-state index is 12.6. The van der Waals surface area contributed by atoms with Gasteiger partial charge in [-0.25, -0.2) is 14.8 Å². The second-order valence-corrected chi connectivity index (χ2v) is 10.7. The summed E-state index contributed by atoms with van der Waals surface area (Å²) >= 11 is 0. The van der Waals surface area contributed by atoms with Gasteiger partial charge in [-0.05, 0) is 68.0 Å². The molecule has 14 heteroatoms. The molecular formula is C27H30N8O6. The highest BCUT2D eigenvalue weighted by atomic mass is 16.6. The summed E-state index contributed by atoms with van der Waals surface area (Å²) < 4.78 is 10.7. The summed E-state index contributed by atoms with van der Waals surface area (Å²) in [6.07, 6.45) is 2.55. The van der Waals surface area contributed by atoms with Crippen molar-refractivity contribution < 1.29 is 29.0 Å². The number of carbonyl (C=O) groups excluding carboxylic acids is 3. The first-order chi connectivity index (χ1) is 19.9. The molecule has 41 heavy (non-hydrogen) atoms. The third kappa shape index (κ3) is 5.78. The van der Waals surface area contributed by atoms with Gasteiger partial charge in [-0.2, -0.15) is 5.26 Å². The summed E-state index contributed by atoms with van der Waals surface area (Å²) in [6, 6.07) is 5.47. The van der Waals surface area contributed by atoms with Crippen LogP contribution in [0.5, 0.6) is 5.88 Å². The number of hydrogen-bond donors (Lipinski definition) is 5. The Hall–Kier alpha value is -4.32. The minimum atomic E-state index is -0.530. The molecule has 2 aromatic rings.